The number of halogens is 3. The number of carbonyl (C=O) groups is 2. The van der Waals surface area contributed by atoms with Crippen LogP contribution in [0.1, 0.15) is 18.4 Å². The zero-order valence-corrected chi connectivity index (χ0v) is 13.5. The highest BCUT2D eigenvalue weighted by molar-refractivity contribution is 5.77. The molecule has 0 bridgehead atoms. The normalized spacial score (nSPS) is 19.6. The van der Waals surface area contributed by atoms with Crippen LogP contribution in [-0.4, -0.2) is 54.4 Å². The van der Waals surface area contributed by atoms with Crippen molar-refractivity contribution in [1.82, 2.24) is 15.5 Å². The molecule has 138 valence electrons. The Balaban J connectivity index is 0.000000277. The first kappa shape index (κ1) is 19.0. The van der Waals surface area contributed by atoms with E-state index < -0.39 is 12.1 Å². The number of rotatable bonds is 2. The van der Waals surface area contributed by atoms with Crippen LogP contribution in [0, 0.1) is 0 Å². The van der Waals surface area contributed by atoms with Gasteiger partial charge in [0.25, 0.3) is 0 Å². The van der Waals surface area contributed by atoms with Crippen LogP contribution < -0.4 is 10.6 Å². The quantitative estimate of drug-likeness (QED) is 0.754. The lowest BCUT2D eigenvalue weighted by Gasteiger charge is -2.44. The SMILES string of the molecule is O=C(O)C(F)(F)F.O=C1NCCN1C1(c2ccccc2)CCNCC1. The highest BCUT2D eigenvalue weighted by Gasteiger charge is 2.43. The minimum absolute atomic E-state index is 0.0840. The number of urea groups is 1. The van der Waals surface area contributed by atoms with Crippen molar-refractivity contribution >= 4 is 12.0 Å². The van der Waals surface area contributed by atoms with Gasteiger partial charge in [-0.1, -0.05) is 30.3 Å². The lowest BCUT2D eigenvalue weighted by molar-refractivity contribution is -0.192. The molecule has 0 unspecified atom stereocenters. The van der Waals surface area contributed by atoms with Crippen LogP contribution in [-0.2, 0) is 10.3 Å². The Kier molecular flexibility index (Phi) is 5.89. The molecular formula is C16H20F3N3O3. The maximum absolute atomic E-state index is 12.0. The van der Waals surface area contributed by atoms with E-state index in [0.717, 1.165) is 39.0 Å². The smallest absolute Gasteiger partial charge is 0.475 e. The molecule has 0 spiro atoms. The molecule has 0 saturated carbocycles. The average Bonchev–Trinajstić information content (AvgIpc) is 3.02. The molecule has 3 rings (SSSR count). The molecule has 2 fully saturated rings. The second kappa shape index (κ2) is 7.73. The number of carboxylic acid groups (broad SMARTS) is 1. The fourth-order valence-corrected chi connectivity index (χ4v) is 3.18. The molecule has 0 aliphatic carbocycles. The van der Waals surface area contributed by atoms with Gasteiger partial charge in [-0.25, -0.2) is 9.59 Å². The predicted octanol–water partition coefficient (Wildman–Crippen LogP) is 1.92. The maximum atomic E-state index is 12.0. The van der Waals surface area contributed by atoms with Crippen molar-refractivity contribution in [2.75, 3.05) is 26.2 Å². The van der Waals surface area contributed by atoms with E-state index in [-0.39, 0.29) is 11.6 Å². The number of hydrogen-bond donors (Lipinski definition) is 3. The topological polar surface area (TPSA) is 81.7 Å². The molecule has 2 aliphatic heterocycles. The van der Waals surface area contributed by atoms with Gasteiger partial charge < -0.3 is 20.6 Å². The molecule has 6 nitrogen and oxygen atoms in total. The highest BCUT2D eigenvalue weighted by Crippen LogP contribution is 2.37. The number of benzene rings is 1. The molecule has 2 aliphatic rings. The van der Waals surface area contributed by atoms with Crippen molar-refractivity contribution < 1.29 is 27.9 Å². The van der Waals surface area contributed by atoms with Gasteiger partial charge in [0.2, 0.25) is 0 Å². The molecule has 9 heteroatoms. The van der Waals surface area contributed by atoms with Gasteiger partial charge in [0.15, 0.2) is 0 Å². The number of carbonyl (C=O) groups excluding carboxylic acids is 1. The number of aliphatic carboxylic acids is 1. The Bertz CT molecular complexity index is 602. The van der Waals surface area contributed by atoms with E-state index in [1.165, 1.54) is 5.56 Å². The van der Waals surface area contributed by atoms with E-state index in [4.69, 9.17) is 9.90 Å². The Morgan fingerprint density at radius 1 is 1.12 bits per heavy atom. The zero-order chi connectivity index (χ0) is 18.5. The number of piperidine rings is 1. The van der Waals surface area contributed by atoms with E-state index in [1.807, 2.05) is 11.0 Å². The summed E-state index contributed by atoms with van der Waals surface area (Å²) in [6.45, 7) is 3.52. The highest BCUT2D eigenvalue weighted by atomic mass is 19.4. The van der Waals surface area contributed by atoms with Gasteiger partial charge in [-0.2, -0.15) is 13.2 Å². The number of amides is 2. The zero-order valence-electron chi connectivity index (χ0n) is 13.5. The molecule has 1 aromatic carbocycles. The third-order valence-corrected chi connectivity index (χ3v) is 4.36. The summed E-state index contributed by atoms with van der Waals surface area (Å²) in [6, 6.07) is 10.5. The van der Waals surface area contributed by atoms with Crippen molar-refractivity contribution in [3.8, 4) is 0 Å². The number of hydrogen-bond acceptors (Lipinski definition) is 3. The third-order valence-electron chi connectivity index (χ3n) is 4.36. The summed E-state index contributed by atoms with van der Waals surface area (Å²) in [4.78, 5) is 23.0. The lowest BCUT2D eigenvalue weighted by Crippen LogP contribution is -2.53. The van der Waals surface area contributed by atoms with Crippen LogP contribution in [0.3, 0.4) is 0 Å². The molecule has 2 saturated heterocycles. The van der Waals surface area contributed by atoms with Crippen LogP contribution in [0.25, 0.3) is 0 Å². The van der Waals surface area contributed by atoms with E-state index in [9.17, 15) is 18.0 Å². The van der Waals surface area contributed by atoms with Crippen molar-refractivity contribution in [1.29, 1.82) is 0 Å². The molecule has 2 amide bonds. The van der Waals surface area contributed by atoms with Gasteiger partial charge in [-0.05, 0) is 31.5 Å². The van der Waals surface area contributed by atoms with Gasteiger partial charge >= 0.3 is 18.2 Å². The molecule has 3 N–H and O–H groups in total. The molecule has 25 heavy (non-hydrogen) atoms. The minimum Gasteiger partial charge on any atom is -0.475 e. The first-order chi connectivity index (χ1) is 11.8. The molecule has 0 atom stereocenters. The van der Waals surface area contributed by atoms with Gasteiger partial charge in [-0.3, -0.25) is 0 Å². The van der Waals surface area contributed by atoms with E-state index >= 15 is 0 Å². The van der Waals surface area contributed by atoms with Crippen molar-refractivity contribution in [2.45, 2.75) is 24.6 Å². The Labute approximate surface area is 143 Å². The van der Waals surface area contributed by atoms with E-state index in [0.29, 0.717) is 0 Å². The first-order valence-electron chi connectivity index (χ1n) is 7.89. The van der Waals surface area contributed by atoms with Crippen LogP contribution in [0.15, 0.2) is 30.3 Å². The van der Waals surface area contributed by atoms with Gasteiger partial charge in [0.1, 0.15) is 0 Å². The number of nitrogens with zero attached hydrogens (tertiary/aromatic N) is 1. The second-order valence-corrected chi connectivity index (χ2v) is 5.83. The monoisotopic (exact) mass is 359 g/mol. The summed E-state index contributed by atoms with van der Waals surface area (Å²) >= 11 is 0. The lowest BCUT2D eigenvalue weighted by atomic mass is 9.80. The summed E-state index contributed by atoms with van der Waals surface area (Å²) in [5.74, 6) is -2.76. The first-order valence-corrected chi connectivity index (χ1v) is 7.89. The molecule has 1 aromatic rings. The Hall–Kier alpha value is -2.29. The summed E-state index contributed by atoms with van der Waals surface area (Å²) < 4.78 is 31.7. The number of carboxylic acids is 1. The largest absolute Gasteiger partial charge is 0.490 e. The molecular weight excluding hydrogens is 339 g/mol. The fraction of sp³-hybridized carbons (Fsp3) is 0.500. The Morgan fingerprint density at radius 3 is 2.12 bits per heavy atom. The van der Waals surface area contributed by atoms with Crippen molar-refractivity contribution in [2.24, 2.45) is 0 Å². The van der Waals surface area contributed by atoms with E-state index in [1.54, 1.807) is 0 Å². The van der Waals surface area contributed by atoms with Crippen LogP contribution in [0.4, 0.5) is 18.0 Å². The fourth-order valence-electron chi connectivity index (χ4n) is 3.18. The van der Waals surface area contributed by atoms with E-state index in [2.05, 4.69) is 34.9 Å². The minimum atomic E-state index is -5.08. The van der Waals surface area contributed by atoms with Gasteiger partial charge in [0, 0.05) is 13.1 Å². The third kappa shape index (κ3) is 4.41. The molecule has 2 heterocycles. The van der Waals surface area contributed by atoms with Crippen LogP contribution in [0.5, 0.6) is 0 Å². The standard InChI is InChI=1S/C14H19N3O.C2HF3O2/c18-13-16-10-11-17(13)14(6-8-15-9-7-14)12-4-2-1-3-5-12;3-2(4,5)1(6)7/h1-5,15H,6-11H2,(H,16,18);(H,6,7). The van der Waals surface area contributed by atoms with Crippen LogP contribution >= 0.6 is 0 Å². The van der Waals surface area contributed by atoms with Crippen molar-refractivity contribution in [3.63, 3.8) is 0 Å². The van der Waals surface area contributed by atoms with Crippen molar-refractivity contribution in [3.05, 3.63) is 35.9 Å². The van der Waals surface area contributed by atoms with Crippen LogP contribution in [0.2, 0.25) is 0 Å². The maximum Gasteiger partial charge on any atom is 0.490 e. The molecule has 0 radical (unpaired) electrons. The molecule has 0 aromatic heterocycles. The number of alkyl halides is 3. The Morgan fingerprint density at radius 2 is 1.68 bits per heavy atom. The summed E-state index contributed by atoms with van der Waals surface area (Å²) in [7, 11) is 0. The van der Waals surface area contributed by atoms with Gasteiger partial charge in [-0.15, -0.1) is 0 Å². The van der Waals surface area contributed by atoms with Gasteiger partial charge in [0.05, 0.1) is 5.54 Å². The number of nitrogens with one attached hydrogen (secondary N) is 2. The average molecular weight is 359 g/mol. The summed E-state index contributed by atoms with van der Waals surface area (Å²) in [5, 5.41) is 13.4. The predicted molar refractivity (Wildman–Crippen MR) is 84.0 cm³/mol. The summed E-state index contributed by atoms with van der Waals surface area (Å²) in [5.41, 5.74) is 1.15. The summed E-state index contributed by atoms with van der Waals surface area (Å²) in [6.07, 6.45) is -3.10. The second-order valence-electron chi connectivity index (χ2n) is 5.83.